The maximum Gasteiger partial charge on any atom is 0.457 e. The van der Waals surface area contributed by atoms with Crippen LogP contribution in [0.1, 0.15) is 102 Å². The van der Waals surface area contributed by atoms with Gasteiger partial charge in [0.1, 0.15) is 17.7 Å². The van der Waals surface area contributed by atoms with Gasteiger partial charge in [-0.2, -0.15) is 0 Å². The second-order valence-corrected chi connectivity index (χ2v) is 16.3. The number of carbonyl (C=O) groups is 3. The van der Waals surface area contributed by atoms with Gasteiger partial charge in [0, 0.05) is 37.0 Å². The number of carboxylic acid groups (broad SMARTS) is 1. The number of nitrogens with one attached hydrogen (secondary N) is 1. The predicted octanol–water partition coefficient (Wildman–Crippen LogP) is 3.60. The van der Waals surface area contributed by atoms with Gasteiger partial charge in [-0.15, -0.1) is 0 Å². The summed E-state index contributed by atoms with van der Waals surface area (Å²) in [5, 5.41) is 30.1. The Morgan fingerprint density at radius 2 is 1.42 bits per heavy atom. The topological polar surface area (TPSA) is 171 Å². The van der Waals surface area contributed by atoms with Gasteiger partial charge in [-0.25, -0.2) is 9.59 Å². The minimum atomic E-state index is -1.30. The molecule has 6 atom stereocenters. The molecule has 0 spiro atoms. The third-order valence-electron chi connectivity index (χ3n) is 11.3. The van der Waals surface area contributed by atoms with Gasteiger partial charge in [-0.1, -0.05) is 40.5 Å². The smallest absolute Gasteiger partial charge is 0.457 e. The van der Waals surface area contributed by atoms with E-state index in [0.29, 0.717) is 32.3 Å². The lowest BCUT2D eigenvalue weighted by atomic mass is 9.79. The molecular formula is C36H70B2N4O10. The fraction of sp³-hybridized carbons (Fsp3) is 0.917. The molecule has 300 valence electrons. The van der Waals surface area contributed by atoms with Crippen molar-refractivity contribution in [1.29, 1.82) is 0 Å². The SMILES string of the molecule is CCN(CC)[C@H]1CN(C(=O)OC(C)(C)C)[C@H](C(=O)OC)[C@@H]1CCCB1OC(C)(C)C(C)(C)O1.CCN(CC)[C@H]1CN[C@H](C(=O)O)[C@@H]1CCCB(O)O. The number of ether oxygens (including phenoxy) is 2. The average Bonchev–Trinajstić information content (AvgIpc) is 3.69. The van der Waals surface area contributed by atoms with Crippen molar-refractivity contribution in [3.05, 3.63) is 0 Å². The molecule has 16 heteroatoms. The second-order valence-electron chi connectivity index (χ2n) is 16.3. The largest absolute Gasteiger partial charge is 0.480 e. The first-order valence-electron chi connectivity index (χ1n) is 19.4. The Balaban J connectivity index is 0.000000418. The lowest BCUT2D eigenvalue weighted by molar-refractivity contribution is -0.147. The quantitative estimate of drug-likeness (QED) is 0.134. The molecule has 0 unspecified atom stereocenters. The number of amides is 1. The van der Waals surface area contributed by atoms with Crippen molar-refractivity contribution >= 4 is 32.3 Å². The summed E-state index contributed by atoms with van der Waals surface area (Å²) in [5.41, 5.74) is -1.37. The molecule has 52 heavy (non-hydrogen) atoms. The number of aliphatic carboxylic acids is 1. The van der Waals surface area contributed by atoms with Gasteiger partial charge in [0.05, 0.1) is 18.3 Å². The summed E-state index contributed by atoms with van der Waals surface area (Å²) in [6.07, 6.45) is 3.46. The third kappa shape index (κ3) is 12.3. The van der Waals surface area contributed by atoms with Crippen LogP contribution in [-0.2, 0) is 28.4 Å². The summed E-state index contributed by atoms with van der Waals surface area (Å²) in [6.45, 7) is 26.6. The minimum absolute atomic E-state index is 0.0242. The normalized spacial score (nSPS) is 26.8. The molecule has 0 saturated carbocycles. The van der Waals surface area contributed by atoms with E-state index in [1.54, 1.807) is 4.90 Å². The number of hydrogen-bond acceptors (Lipinski definition) is 12. The third-order valence-corrected chi connectivity index (χ3v) is 11.3. The summed E-state index contributed by atoms with van der Waals surface area (Å²) in [7, 11) is -0.201. The van der Waals surface area contributed by atoms with Crippen molar-refractivity contribution in [3.8, 4) is 0 Å². The molecule has 0 aliphatic carbocycles. The van der Waals surface area contributed by atoms with Crippen molar-refractivity contribution in [2.75, 3.05) is 46.4 Å². The van der Waals surface area contributed by atoms with Crippen molar-refractivity contribution in [2.24, 2.45) is 11.8 Å². The van der Waals surface area contributed by atoms with Crippen LogP contribution in [0.15, 0.2) is 0 Å². The molecule has 3 saturated heterocycles. The number of methoxy groups -OCH3 is 1. The predicted molar refractivity (Wildman–Crippen MR) is 203 cm³/mol. The molecule has 3 fully saturated rings. The zero-order chi connectivity index (χ0) is 39.6. The second kappa shape index (κ2) is 20.1. The fourth-order valence-corrected chi connectivity index (χ4v) is 7.89. The van der Waals surface area contributed by atoms with Crippen LogP contribution in [0.5, 0.6) is 0 Å². The van der Waals surface area contributed by atoms with Crippen LogP contribution >= 0.6 is 0 Å². The summed E-state index contributed by atoms with van der Waals surface area (Å²) < 4.78 is 23.1. The number of nitrogens with zero attached hydrogens (tertiary/aromatic N) is 3. The molecule has 3 aliphatic rings. The zero-order valence-corrected chi connectivity index (χ0v) is 34.1. The van der Waals surface area contributed by atoms with E-state index in [4.69, 9.17) is 28.8 Å². The maximum atomic E-state index is 13.0. The van der Waals surface area contributed by atoms with Gasteiger partial charge in [0.2, 0.25) is 0 Å². The highest BCUT2D eigenvalue weighted by Gasteiger charge is 2.53. The average molecular weight is 741 g/mol. The maximum absolute atomic E-state index is 13.0. The number of likely N-dealkylation sites (tertiary alicyclic amines) is 1. The molecule has 3 aliphatic heterocycles. The van der Waals surface area contributed by atoms with Crippen LogP contribution < -0.4 is 5.32 Å². The van der Waals surface area contributed by atoms with E-state index in [-0.39, 0.29) is 42.2 Å². The zero-order valence-electron chi connectivity index (χ0n) is 34.1. The highest BCUT2D eigenvalue weighted by molar-refractivity contribution is 6.45. The van der Waals surface area contributed by atoms with Gasteiger partial charge in [0.25, 0.3) is 0 Å². The highest BCUT2D eigenvalue weighted by atomic mass is 16.7. The van der Waals surface area contributed by atoms with Crippen LogP contribution in [0.4, 0.5) is 4.79 Å². The van der Waals surface area contributed by atoms with Gasteiger partial charge < -0.3 is 39.3 Å². The summed E-state index contributed by atoms with van der Waals surface area (Å²) >= 11 is 0. The van der Waals surface area contributed by atoms with Crippen LogP contribution in [0.2, 0.25) is 12.6 Å². The first-order chi connectivity index (χ1) is 24.2. The van der Waals surface area contributed by atoms with E-state index >= 15 is 0 Å². The van der Waals surface area contributed by atoms with E-state index in [1.165, 1.54) is 7.11 Å². The first-order valence-corrected chi connectivity index (χ1v) is 19.4. The Morgan fingerprint density at radius 1 is 0.904 bits per heavy atom. The number of likely N-dealkylation sites (N-methyl/N-ethyl adjacent to an activating group) is 2. The van der Waals surface area contributed by atoms with Crippen molar-refractivity contribution < 1.29 is 48.3 Å². The standard InChI is InChI=1S/C24H45BN2O6.C12H25BN2O4/c1-11-26(12-2)18-16-27(21(29)31-22(3,4)5)19(20(28)30-10)17(18)14-13-15-25-32-23(6,7)24(8,9)33-25;1-3-15(4-2)10-8-14-11(12(16)17)9(10)6-5-7-13(18)19/h17-19H,11-16H2,1-10H3;9-11,14,18-19H,3-8H2,1-2H3,(H,16,17)/t17-,18+,19+;9-,10+,11+/m11/s1. The van der Waals surface area contributed by atoms with Gasteiger partial charge in [-0.05, 0) is 100 Å². The van der Waals surface area contributed by atoms with E-state index in [2.05, 4.69) is 42.8 Å². The Labute approximate surface area is 313 Å². The number of carbonyl (C=O) groups excluding carboxylic acids is 2. The molecular weight excluding hydrogens is 670 g/mol. The first kappa shape index (κ1) is 46.2. The van der Waals surface area contributed by atoms with E-state index in [1.807, 2.05) is 48.5 Å². The molecule has 1 amide bonds. The Hall–Kier alpha value is -1.94. The van der Waals surface area contributed by atoms with Crippen LogP contribution in [-0.4, -0.2) is 149 Å². The molecule has 0 radical (unpaired) electrons. The Kier molecular flexibility index (Phi) is 17.9. The van der Waals surface area contributed by atoms with Crippen LogP contribution in [0.25, 0.3) is 0 Å². The van der Waals surface area contributed by atoms with E-state index in [0.717, 1.165) is 45.3 Å². The molecule has 0 aromatic rings. The van der Waals surface area contributed by atoms with E-state index < -0.39 is 42.8 Å². The lowest BCUT2D eigenvalue weighted by Crippen LogP contribution is -2.46. The van der Waals surface area contributed by atoms with Gasteiger partial charge in [0.15, 0.2) is 0 Å². The Morgan fingerprint density at radius 3 is 1.88 bits per heavy atom. The van der Waals surface area contributed by atoms with Gasteiger partial charge in [-0.3, -0.25) is 19.5 Å². The monoisotopic (exact) mass is 741 g/mol. The fourth-order valence-electron chi connectivity index (χ4n) is 7.89. The molecule has 14 nitrogen and oxygen atoms in total. The number of carboxylic acids is 1. The summed E-state index contributed by atoms with van der Waals surface area (Å²) in [4.78, 5) is 43.4. The molecule has 0 aromatic heterocycles. The molecule has 0 bridgehead atoms. The number of esters is 1. The van der Waals surface area contributed by atoms with Crippen molar-refractivity contribution in [3.63, 3.8) is 0 Å². The number of rotatable bonds is 16. The number of hydrogen-bond donors (Lipinski definition) is 4. The molecule has 0 aromatic carbocycles. The van der Waals surface area contributed by atoms with Crippen molar-refractivity contribution in [2.45, 2.75) is 155 Å². The molecule has 3 rings (SSSR count). The van der Waals surface area contributed by atoms with E-state index in [9.17, 15) is 19.5 Å². The lowest BCUT2D eigenvalue weighted by Gasteiger charge is -2.32. The summed E-state index contributed by atoms with van der Waals surface area (Å²) in [5.74, 6) is -1.25. The van der Waals surface area contributed by atoms with Crippen molar-refractivity contribution in [1.82, 2.24) is 20.0 Å². The Bertz CT molecular complexity index is 1120. The van der Waals surface area contributed by atoms with Gasteiger partial charge >= 0.3 is 32.3 Å². The minimum Gasteiger partial charge on any atom is -0.480 e. The molecule has 3 heterocycles. The molecule has 4 N–H and O–H groups in total. The van der Waals surface area contributed by atoms with Crippen LogP contribution in [0, 0.1) is 11.8 Å². The highest BCUT2D eigenvalue weighted by Crippen LogP contribution is 2.40. The summed E-state index contributed by atoms with van der Waals surface area (Å²) in [6, 6.07) is -0.933. The van der Waals surface area contributed by atoms with Crippen LogP contribution in [0.3, 0.4) is 0 Å².